The summed E-state index contributed by atoms with van der Waals surface area (Å²) in [6.07, 6.45) is 0.842. The minimum Gasteiger partial charge on any atom is -0.239 e. The second-order valence-corrected chi connectivity index (χ2v) is 3.63. The third kappa shape index (κ3) is 2.51. The lowest BCUT2D eigenvalue weighted by atomic mass is 10.1. The smallest absolute Gasteiger partial charge is 0.239 e. The SMILES string of the molecule is C#Cc1cccc(-c2cccc(C(F)(F)F)c2)n1. The molecule has 18 heavy (non-hydrogen) atoms. The monoisotopic (exact) mass is 247 g/mol. The van der Waals surface area contributed by atoms with Crippen molar-refractivity contribution in [3.63, 3.8) is 0 Å². The molecule has 0 aliphatic carbocycles. The van der Waals surface area contributed by atoms with Crippen molar-refractivity contribution in [2.75, 3.05) is 0 Å². The number of terminal acetylenes is 1. The molecule has 2 rings (SSSR count). The van der Waals surface area contributed by atoms with E-state index in [-0.39, 0.29) is 0 Å². The van der Waals surface area contributed by atoms with Gasteiger partial charge < -0.3 is 0 Å². The molecule has 1 heterocycles. The van der Waals surface area contributed by atoms with E-state index in [9.17, 15) is 13.2 Å². The zero-order chi connectivity index (χ0) is 13.2. The number of alkyl halides is 3. The molecule has 0 saturated carbocycles. The van der Waals surface area contributed by atoms with Gasteiger partial charge in [-0.2, -0.15) is 13.2 Å². The summed E-state index contributed by atoms with van der Waals surface area (Å²) in [5.41, 5.74) is 0.510. The molecule has 0 spiro atoms. The van der Waals surface area contributed by atoms with Crippen LogP contribution in [-0.4, -0.2) is 4.98 Å². The van der Waals surface area contributed by atoms with Crippen molar-refractivity contribution in [3.8, 4) is 23.6 Å². The fourth-order valence-electron chi connectivity index (χ4n) is 1.53. The van der Waals surface area contributed by atoms with E-state index in [1.54, 1.807) is 24.3 Å². The lowest BCUT2D eigenvalue weighted by Gasteiger charge is -2.08. The first-order chi connectivity index (χ1) is 8.50. The molecule has 4 heteroatoms. The van der Waals surface area contributed by atoms with Gasteiger partial charge in [0.2, 0.25) is 0 Å². The van der Waals surface area contributed by atoms with Gasteiger partial charge in [-0.05, 0) is 24.3 Å². The van der Waals surface area contributed by atoms with Crippen LogP contribution in [-0.2, 0) is 6.18 Å². The van der Waals surface area contributed by atoms with E-state index in [1.165, 1.54) is 6.07 Å². The second kappa shape index (κ2) is 4.53. The Morgan fingerprint density at radius 1 is 1.06 bits per heavy atom. The summed E-state index contributed by atoms with van der Waals surface area (Å²) in [6.45, 7) is 0. The topological polar surface area (TPSA) is 12.9 Å². The van der Waals surface area contributed by atoms with E-state index in [0.717, 1.165) is 12.1 Å². The highest BCUT2D eigenvalue weighted by Gasteiger charge is 2.30. The van der Waals surface area contributed by atoms with Crippen LogP contribution in [0.5, 0.6) is 0 Å². The molecule has 0 unspecified atom stereocenters. The molecular formula is C14H8F3N. The predicted octanol–water partition coefficient (Wildman–Crippen LogP) is 3.75. The second-order valence-electron chi connectivity index (χ2n) is 3.63. The standard InChI is InChI=1S/C14H8F3N/c1-2-12-7-4-8-13(18-12)10-5-3-6-11(9-10)14(15,16)17/h1,3-9H. The molecule has 0 N–H and O–H groups in total. The maximum absolute atomic E-state index is 12.6. The molecular weight excluding hydrogens is 239 g/mol. The first-order valence-electron chi connectivity index (χ1n) is 5.12. The van der Waals surface area contributed by atoms with Crippen molar-refractivity contribution >= 4 is 0 Å². The van der Waals surface area contributed by atoms with Crippen LogP contribution in [0.15, 0.2) is 42.5 Å². The molecule has 1 aromatic heterocycles. The van der Waals surface area contributed by atoms with Gasteiger partial charge in [-0.3, -0.25) is 0 Å². The summed E-state index contributed by atoms with van der Waals surface area (Å²) in [6, 6.07) is 9.91. The summed E-state index contributed by atoms with van der Waals surface area (Å²) >= 11 is 0. The molecule has 0 radical (unpaired) electrons. The summed E-state index contributed by atoms with van der Waals surface area (Å²) in [5.74, 6) is 2.35. The van der Waals surface area contributed by atoms with Crippen molar-refractivity contribution < 1.29 is 13.2 Å². The zero-order valence-corrected chi connectivity index (χ0v) is 9.20. The highest BCUT2D eigenvalue weighted by Crippen LogP contribution is 2.31. The average Bonchev–Trinajstić information content (AvgIpc) is 2.38. The fraction of sp³-hybridized carbons (Fsp3) is 0.0714. The number of nitrogens with zero attached hydrogens (tertiary/aromatic N) is 1. The van der Waals surface area contributed by atoms with Crippen LogP contribution in [0, 0.1) is 12.3 Å². The Morgan fingerprint density at radius 3 is 2.44 bits per heavy atom. The minimum absolute atomic E-state index is 0.391. The van der Waals surface area contributed by atoms with Crippen molar-refractivity contribution in [2.24, 2.45) is 0 Å². The van der Waals surface area contributed by atoms with Gasteiger partial charge in [0.1, 0.15) is 5.69 Å². The normalized spacial score (nSPS) is 11.0. The molecule has 2 aromatic rings. The van der Waals surface area contributed by atoms with Crippen LogP contribution < -0.4 is 0 Å². The van der Waals surface area contributed by atoms with Crippen molar-refractivity contribution in [2.45, 2.75) is 6.18 Å². The lowest BCUT2D eigenvalue weighted by Crippen LogP contribution is -2.04. The summed E-state index contributed by atoms with van der Waals surface area (Å²) in [4.78, 5) is 4.08. The van der Waals surface area contributed by atoms with Crippen molar-refractivity contribution in [3.05, 3.63) is 53.7 Å². The van der Waals surface area contributed by atoms with E-state index in [0.29, 0.717) is 17.0 Å². The van der Waals surface area contributed by atoms with Gasteiger partial charge in [0.15, 0.2) is 0 Å². The van der Waals surface area contributed by atoms with Gasteiger partial charge >= 0.3 is 6.18 Å². The van der Waals surface area contributed by atoms with Gasteiger partial charge in [-0.15, -0.1) is 6.42 Å². The van der Waals surface area contributed by atoms with E-state index < -0.39 is 11.7 Å². The highest BCUT2D eigenvalue weighted by atomic mass is 19.4. The molecule has 0 saturated heterocycles. The molecule has 0 aliphatic rings. The number of pyridine rings is 1. The molecule has 1 nitrogen and oxygen atoms in total. The number of hydrogen-bond acceptors (Lipinski definition) is 1. The molecule has 90 valence electrons. The third-order valence-electron chi connectivity index (χ3n) is 2.38. The Hall–Kier alpha value is -2.28. The summed E-state index contributed by atoms with van der Waals surface area (Å²) in [5, 5.41) is 0. The van der Waals surface area contributed by atoms with Gasteiger partial charge in [-0.1, -0.05) is 24.1 Å². The minimum atomic E-state index is -4.36. The molecule has 0 fully saturated rings. The predicted molar refractivity (Wildman–Crippen MR) is 62.6 cm³/mol. The number of rotatable bonds is 1. The Kier molecular flexibility index (Phi) is 3.07. The van der Waals surface area contributed by atoms with E-state index in [2.05, 4.69) is 10.9 Å². The molecule has 1 aromatic carbocycles. The van der Waals surface area contributed by atoms with E-state index in [4.69, 9.17) is 6.42 Å². The largest absolute Gasteiger partial charge is 0.416 e. The van der Waals surface area contributed by atoms with Gasteiger partial charge in [-0.25, -0.2) is 4.98 Å². The molecule has 0 aliphatic heterocycles. The lowest BCUT2D eigenvalue weighted by molar-refractivity contribution is -0.137. The van der Waals surface area contributed by atoms with Crippen molar-refractivity contribution in [1.29, 1.82) is 0 Å². The van der Waals surface area contributed by atoms with E-state index in [1.807, 2.05) is 0 Å². The number of benzene rings is 1. The highest BCUT2D eigenvalue weighted by molar-refractivity contribution is 5.61. The van der Waals surface area contributed by atoms with Gasteiger partial charge in [0, 0.05) is 5.56 Å². The quantitative estimate of drug-likeness (QED) is 0.699. The Balaban J connectivity index is 2.48. The molecule has 0 amide bonds. The number of halogens is 3. The van der Waals surface area contributed by atoms with Crippen LogP contribution in [0.25, 0.3) is 11.3 Å². The third-order valence-corrected chi connectivity index (χ3v) is 2.38. The van der Waals surface area contributed by atoms with Crippen molar-refractivity contribution in [1.82, 2.24) is 4.98 Å². The van der Waals surface area contributed by atoms with Crippen LogP contribution in [0.1, 0.15) is 11.3 Å². The van der Waals surface area contributed by atoms with Crippen LogP contribution in [0.3, 0.4) is 0 Å². The fourth-order valence-corrected chi connectivity index (χ4v) is 1.53. The van der Waals surface area contributed by atoms with Crippen LogP contribution in [0.2, 0.25) is 0 Å². The maximum Gasteiger partial charge on any atom is 0.416 e. The zero-order valence-electron chi connectivity index (χ0n) is 9.20. The maximum atomic E-state index is 12.6. The van der Waals surface area contributed by atoms with Gasteiger partial charge in [0.05, 0.1) is 11.3 Å². The first kappa shape index (κ1) is 12.2. The Morgan fingerprint density at radius 2 is 1.78 bits per heavy atom. The first-order valence-corrected chi connectivity index (χ1v) is 5.12. The number of aromatic nitrogens is 1. The van der Waals surface area contributed by atoms with Crippen LogP contribution >= 0.6 is 0 Å². The van der Waals surface area contributed by atoms with Gasteiger partial charge in [0.25, 0.3) is 0 Å². The Bertz CT molecular complexity index is 609. The molecule has 0 bridgehead atoms. The molecule has 0 atom stereocenters. The average molecular weight is 247 g/mol. The summed E-state index contributed by atoms with van der Waals surface area (Å²) in [7, 11) is 0. The summed E-state index contributed by atoms with van der Waals surface area (Å²) < 4.78 is 37.7. The Labute approximate surface area is 102 Å². The van der Waals surface area contributed by atoms with Crippen LogP contribution in [0.4, 0.5) is 13.2 Å². The number of hydrogen-bond donors (Lipinski definition) is 0. The van der Waals surface area contributed by atoms with E-state index >= 15 is 0 Å².